The van der Waals surface area contributed by atoms with Crippen LogP contribution in [-0.4, -0.2) is 15.0 Å². The van der Waals surface area contributed by atoms with Crippen molar-refractivity contribution in [2.45, 2.75) is 32.1 Å². The molecule has 3 nitrogen and oxygen atoms in total. The predicted octanol–water partition coefficient (Wildman–Crippen LogP) is 3.58. The smallest absolute Gasteiger partial charge is 0.261 e. The maximum Gasteiger partial charge on any atom is 0.261 e. The van der Waals surface area contributed by atoms with Crippen molar-refractivity contribution in [2.75, 3.05) is 6.61 Å². The average Bonchev–Trinajstić information content (AvgIpc) is 2.20. The van der Waals surface area contributed by atoms with Crippen LogP contribution in [0.5, 0.6) is 5.75 Å². The summed E-state index contributed by atoms with van der Waals surface area (Å²) < 4.78 is 28.2. The molecule has 100 valence electrons. The topological polar surface area (TPSA) is 43.4 Å². The molecule has 0 radical (unpaired) electrons. The quantitative estimate of drug-likeness (QED) is 0.614. The number of benzene rings is 1. The fourth-order valence-corrected chi connectivity index (χ4v) is 2.51. The Hall–Kier alpha value is -1.00. The molecule has 18 heavy (non-hydrogen) atoms. The van der Waals surface area contributed by atoms with Crippen LogP contribution in [0.2, 0.25) is 0 Å². The molecule has 0 aliphatic heterocycles. The highest BCUT2D eigenvalue weighted by Crippen LogP contribution is 2.28. The molecule has 0 bridgehead atoms. The van der Waals surface area contributed by atoms with Crippen LogP contribution in [0.25, 0.3) is 0 Å². The minimum absolute atomic E-state index is 0.103. The van der Waals surface area contributed by atoms with Gasteiger partial charge in [-0.1, -0.05) is 5.57 Å². The maximum atomic E-state index is 11.3. The van der Waals surface area contributed by atoms with E-state index in [-0.39, 0.29) is 4.90 Å². The van der Waals surface area contributed by atoms with Gasteiger partial charge in [0.2, 0.25) is 0 Å². The lowest BCUT2D eigenvalue weighted by atomic mass is 10.1. The molecule has 0 fully saturated rings. The van der Waals surface area contributed by atoms with Gasteiger partial charge in [0.15, 0.2) is 0 Å². The van der Waals surface area contributed by atoms with Crippen molar-refractivity contribution in [1.29, 1.82) is 0 Å². The molecule has 0 atom stereocenters. The van der Waals surface area contributed by atoms with E-state index in [1.807, 2.05) is 6.92 Å². The third kappa shape index (κ3) is 4.03. The first-order valence-corrected chi connectivity index (χ1v) is 7.86. The number of rotatable bonds is 5. The zero-order valence-corrected chi connectivity index (χ0v) is 12.4. The van der Waals surface area contributed by atoms with Crippen LogP contribution in [0.3, 0.4) is 0 Å². The highest BCUT2D eigenvalue weighted by Gasteiger charge is 2.14. The molecule has 0 unspecified atom stereocenters. The van der Waals surface area contributed by atoms with Gasteiger partial charge >= 0.3 is 0 Å². The summed E-state index contributed by atoms with van der Waals surface area (Å²) in [6.45, 7) is 9.87. The highest BCUT2D eigenvalue weighted by molar-refractivity contribution is 8.13. The third-order valence-corrected chi connectivity index (χ3v) is 3.82. The molecule has 1 aromatic carbocycles. The first-order chi connectivity index (χ1) is 8.21. The Kier molecular flexibility index (Phi) is 4.82. The summed E-state index contributed by atoms with van der Waals surface area (Å²) in [4.78, 5) is 0.103. The molecular formula is C13H17ClO3S. The van der Waals surface area contributed by atoms with Crippen LogP contribution in [0.1, 0.15) is 24.5 Å². The normalized spacial score (nSPS) is 11.3. The number of halogens is 1. The second-order valence-corrected chi connectivity index (χ2v) is 6.95. The van der Waals surface area contributed by atoms with Crippen molar-refractivity contribution >= 4 is 19.7 Å². The SMILES string of the molecule is C=C(C)CCOc1c(C)cc(S(=O)(=O)Cl)cc1C. The standard InChI is InChI=1S/C13H17ClO3S/c1-9(2)5-6-17-13-10(3)7-12(8-11(13)4)18(14,15)16/h7-8H,1,5-6H2,2-4H3. The molecule has 0 amide bonds. The Labute approximate surface area is 113 Å². The summed E-state index contributed by atoms with van der Waals surface area (Å²) in [7, 11) is 1.62. The number of ether oxygens (including phenoxy) is 1. The van der Waals surface area contributed by atoms with Crippen LogP contribution in [-0.2, 0) is 9.05 Å². The Morgan fingerprint density at radius 2 is 1.83 bits per heavy atom. The van der Waals surface area contributed by atoms with E-state index in [4.69, 9.17) is 15.4 Å². The van der Waals surface area contributed by atoms with Crippen LogP contribution in [0, 0.1) is 13.8 Å². The first kappa shape index (κ1) is 15.1. The van der Waals surface area contributed by atoms with E-state index >= 15 is 0 Å². The molecule has 0 spiro atoms. The minimum atomic E-state index is -3.70. The van der Waals surface area contributed by atoms with Crippen LogP contribution < -0.4 is 4.74 Å². The Morgan fingerprint density at radius 3 is 2.22 bits per heavy atom. The molecule has 1 rings (SSSR count). The van der Waals surface area contributed by atoms with Crippen LogP contribution in [0.15, 0.2) is 29.2 Å². The Balaban J connectivity index is 2.99. The minimum Gasteiger partial charge on any atom is -0.493 e. The molecule has 0 aromatic heterocycles. The highest BCUT2D eigenvalue weighted by atomic mass is 35.7. The lowest BCUT2D eigenvalue weighted by molar-refractivity contribution is 0.317. The van der Waals surface area contributed by atoms with E-state index in [2.05, 4.69) is 6.58 Å². The Morgan fingerprint density at radius 1 is 1.33 bits per heavy atom. The summed E-state index contributed by atoms with van der Waals surface area (Å²) in [6, 6.07) is 3.04. The van der Waals surface area contributed by atoms with Crippen molar-refractivity contribution in [1.82, 2.24) is 0 Å². The van der Waals surface area contributed by atoms with E-state index in [1.165, 1.54) is 12.1 Å². The van der Waals surface area contributed by atoms with Gasteiger partial charge in [-0.2, -0.15) is 0 Å². The molecule has 0 saturated carbocycles. The fourth-order valence-electron chi connectivity index (χ4n) is 1.61. The van der Waals surface area contributed by atoms with Gasteiger partial charge < -0.3 is 4.74 Å². The first-order valence-electron chi connectivity index (χ1n) is 5.55. The monoisotopic (exact) mass is 288 g/mol. The van der Waals surface area contributed by atoms with Gasteiger partial charge in [0.25, 0.3) is 9.05 Å². The van der Waals surface area contributed by atoms with E-state index in [0.717, 1.165) is 23.1 Å². The van der Waals surface area contributed by atoms with E-state index in [1.54, 1.807) is 13.8 Å². The maximum absolute atomic E-state index is 11.3. The summed E-state index contributed by atoms with van der Waals surface area (Å²) in [6.07, 6.45) is 0.772. The lowest BCUT2D eigenvalue weighted by Crippen LogP contribution is -2.02. The number of aryl methyl sites for hydroxylation is 2. The summed E-state index contributed by atoms with van der Waals surface area (Å²) in [5, 5.41) is 0. The van der Waals surface area contributed by atoms with Gasteiger partial charge in [-0.05, 0) is 44.0 Å². The predicted molar refractivity (Wildman–Crippen MR) is 73.9 cm³/mol. The molecule has 5 heteroatoms. The van der Waals surface area contributed by atoms with Gasteiger partial charge in [-0.15, -0.1) is 6.58 Å². The van der Waals surface area contributed by atoms with Crippen molar-refractivity contribution in [3.05, 3.63) is 35.4 Å². The molecule has 0 aliphatic carbocycles. The second kappa shape index (κ2) is 5.76. The van der Waals surface area contributed by atoms with E-state index < -0.39 is 9.05 Å². The largest absolute Gasteiger partial charge is 0.493 e. The summed E-state index contributed by atoms with van der Waals surface area (Å²) in [5.74, 6) is 0.709. The van der Waals surface area contributed by atoms with E-state index in [9.17, 15) is 8.42 Å². The summed E-state index contributed by atoms with van der Waals surface area (Å²) in [5.41, 5.74) is 2.57. The van der Waals surface area contributed by atoms with Crippen LogP contribution >= 0.6 is 10.7 Å². The van der Waals surface area contributed by atoms with Crippen molar-refractivity contribution in [3.8, 4) is 5.75 Å². The molecular weight excluding hydrogens is 272 g/mol. The molecule has 1 aromatic rings. The van der Waals surface area contributed by atoms with Gasteiger partial charge in [0, 0.05) is 17.1 Å². The van der Waals surface area contributed by atoms with Gasteiger partial charge in [0.05, 0.1) is 11.5 Å². The lowest BCUT2D eigenvalue weighted by Gasteiger charge is -2.13. The number of hydrogen-bond donors (Lipinski definition) is 0. The second-order valence-electron chi connectivity index (χ2n) is 4.38. The van der Waals surface area contributed by atoms with Gasteiger partial charge in [-0.25, -0.2) is 8.42 Å². The molecule has 0 heterocycles. The molecule has 0 aliphatic rings. The van der Waals surface area contributed by atoms with Crippen LogP contribution in [0.4, 0.5) is 0 Å². The average molecular weight is 289 g/mol. The molecule has 0 N–H and O–H groups in total. The third-order valence-electron chi connectivity index (χ3n) is 2.49. The summed E-state index contributed by atoms with van der Waals surface area (Å²) >= 11 is 0. The zero-order valence-electron chi connectivity index (χ0n) is 10.8. The molecule has 0 saturated heterocycles. The fraction of sp³-hybridized carbons (Fsp3) is 0.385. The van der Waals surface area contributed by atoms with Crippen molar-refractivity contribution < 1.29 is 13.2 Å². The van der Waals surface area contributed by atoms with Gasteiger partial charge in [0.1, 0.15) is 5.75 Å². The van der Waals surface area contributed by atoms with Crippen molar-refractivity contribution in [2.24, 2.45) is 0 Å². The van der Waals surface area contributed by atoms with E-state index in [0.29, 0.717) is 12.4 Å². The van der Waals surface area contributed by atoms with Gasteiger partial charge in [-0.3, -0.25) is 0 Å². The number of hydrogen-bond acceptors (Lipinski definition) is 3. The Bertz CT molecular complexity index is 539. The zero-order chi connectivity index (χ0) is 13.9. The van der Waals surface area contributed by atoms with Crippen molar-refractivity contribution in [3.63, 3.8) is 0 Å².